The van der Waals surface area contributed by atoms with Crippen molar-refractivity contribution in [2.45, 2.75) is 38.3 Å². The highest BCUT2D eigenvalue weighted by molar-refractivity contribution is 7.90. The van der Waals surface area contributed by atoms with Crippen LogP contribution in [0.25, 0.3) is 10.9 Å². The molecule has 1 heterocycles. The molecule has 1 aromatic heterocycles. The smallest absolute Gasteiger partial charge is 0.301 e. The van der Waals surface area contributed by atoms with Crippen molar-refractivity contribution in [3.8, 4) is 5.75 Å². The SMILES string of the molecule is CN(Cc1ccccc1)S(=O)(=O)Nc1cc(C(O)CNCCOc2ccc3c4c([nH]c3c2)CCCC4)ccc1N. The Morgan fingerprint density at radius 1 is 1.07 bits per heavy atom. The average Bonchev–Trinajstić information content (AvgIpc) is 3.32. The standard InChI is InChI=1S/C30H37N5O4S/c1-35(20-21-7-3-2-4-8-21)40(37,38)34-29-17-22(11-14-26(29)31)30(36)19-32-15-16-39-23-12-13-25-24-9-5-6-10-27(24)33-28(25)18-23/h2-4,7-8,11-14,17-18,30,32-34,36H,5-6,9-10,15-16,19-20,31H2,1H3. The highest BCUT2D eigenvalue weighted by Crippen LogP contribution is 2.31. The molecule has 3 aromatic carbocycles. The Bertz CT molecular complexity index is 1560. The first-order valence-electron chi connectivity index (χ1n) is 13.6. The maximum atomic E-state index is 12.9. The summed E-state index contributed by atoms with van der Waals surface area (Å²) in [5.74, 6) is 0.807. The molecule has 0 saturated carbocycles. The Morgan fingerprint density at radius 3 is 2.70 bits per heavy atom. The van der Waals surface area contributed by atoms with Crippen molar-refractivity contribution in [1.82, 2.24) is 14.6 Å². The summed E-state index contributed by atoms with van der Waals surface area (Å²) in [5.41, 5.74) is 11.9. The van der Waals surface area contributed by atoms with Crippen LogP contribution in [0.15, 0.2) is 66.7 Å². The Balaban J connectivity index is 1.11. The number of nitrogen functional groups attached to an aromatic ring is 1. The molecule has 9 nitrogen and oxygen atoms in total. The number of aromatic nitrogens is 1. The van der Waals surface area contributed by atoms with E-state index < -0.39 is 16.3 Å². The lowest BCUT2D eigenvalue weighted by molar-refractivity contribution is 0.172. The molecule has 0 fully saturated rings. The molecule has 0 amide bonds. The number of nitrogens with two attached hydrogens (primary N) is 1. The van der Waals surface area contributed by atoms with Gasteiger partial charge in [-0.15, -0.1) is 0 Å². The lowest BCUT2D eigenvalue weighted by Gasteiger charge is -2.20. The molecule has 0 radical (unpaired) electrons. The van der Waals surface area contributed by atoms with E-state index >= 15 is 0 Å². The van der Waals surface area contributed by atoms with Crippen LogP contribution < -0.4 is 20.5 Å². The van der Waals surface area contributed by atoms with E-state index in [2.05, 4.69) is 27.2 Å². The molecule has 0 saturated heterocycles. The molecule has 0 aliphatic heterocycles. The van der Waals surface area contributed by atoms with Gasteiger partial charge in [-0.2, -0.15) is 12.7 Å². The first-order chi connectivity index (χ1) is 19.3. The van der Waals surface area contributed by atoms with Crippen LogP contribution in [0.3, 0.4) is 0 Å². The van der Waals surface area contributed by atoms with Crippen LogP contribution >= 0.6 is 0 Å². The number of fused-ring (bicyclic) bond motifs is 3. The van der Waals surface area contributed by atoms with Gasteiger partial charge in [0.05, 0.1) is 17.5 Å². The zero-order valence-corrected chi connectivity index (χ0v) is 23.5. The minimum absolute atomic E-state index is 0.214. The van der Waals surface area contributed by atoms with Gasteiger partial charge < -0.3 is 25.9 Å². The predicted molar refractivity (Wildman–Crippen MR) is 160 cm³/mol. The highest BCUT2D eigenvalue weighted by Gasteiger charge is 2.20. The monoisotopic (exact) mass is 563 g/mol. The third-order valence-corrected chi connectivity index (χ3v) is 8.74. The van der Waals surface area contributed by atoms with E-state index in [0.717, 1.165) is 29.7 Å². The molecule has 1 atom stereocenters. The zero-order chi connectivity index (χ0) is 28.1. The average molecular weight is 564 g/mol. The van der Waals surface area contributed by atoms with E-state index in [9.17, 15) is 13.5 Å². The van der Waals surface area contributed by atoms with E-state index in [1.54, 1.807) is 18.2 Å². The number of nitrogens with zero attached hydrogens (tertiary/aromatic N) is 1. The number of H-pyrrole nitrogens is 1. The Kier molecular flexibility index (Phi) is 8.60. The Hall–Kier alpha value is -3.57. The summed E-state index contributed by atoms with van der Waals surface area (Å²) in [7, 11) is -2.36. The minimum Gasteiger partial charge on any atom is -0.492 e. The summed E-state index contributed by atoms with van der Waals surface area (Å²) >= 11 is 0. The fourth-order valence-corrected chi connectivity index (χ4v) is 6.02. The number of aliphatic hydroxyl groups excluding tert-OH is 1. The predicted octanol–water partition coefficient (Wildman–Crippen LogP) is 4.12. The van der Waals surface area contributed by atoms with E-state index in [1.165, 1.54) is 40.8 Å². The number of aliphatic hydroxyl groups is 1. The maximum absolute atomic E-state index is 12.9. The molecule has 6 N–H and O–H groups in total. The summed E-state index contributed by atoms with van der Waals surface area (Å²) in [6.07, 6.45) is 3.87. The second kappa shape index (κ2) is 12.3. The van der Waals surface area contributed by atoms with E-state index in [1.807, 2.05) is 36.4 Å². The Morgan fingerprint density at radius 2 is 1.88 bits per heavy atom. The normalized spacial score (nSPS) is 14.3. The largest absolute Gasteiger partial charge is 0.492 e. The van der Waals surface area contributed by atoms with E-state index in [0.29, 0.717) is 18.7 Å². The van der Waals surface area contributed by atoms with Crippen molar-refractivity contribution in [2.24, 2.45) is 0 Å². The van der Waals surface area contributed by atoms with Crippen LogP contribution in [-0.2, 0) is 29.6 Å². The summed E-state index contributed by atoms with van der Waals surface area (Å²) in [4.78, 5) is 3.55. The summed E-state index contributed by atoms with van der Waals surface area (Å²) in [6, 6.07) is 20.4. The van der Waals surface area contributed by atoms with E-state index in [-0.39, 0.29) is 24.5 Å². The molecule has 1 unspecified atom stereocenters. The summed E-state index contributed by atoms with van der Waals surface area (Å²) < 4.78 is 35.5. The first-order valence-corrected chi connectivity index (χ1v) is 15.1. The van der Waals surface area contributed by atoms with Crippen LogP contribution in [-0.4, -0.2) is 49.6 Å². The van der Waals surface area contributed by atoms with Crippen molar-refractivity contribution >= 4 is 32.5 Å². The number of hydrogen-bond donors (Lipinski definition) is 5. The van der Waals surface area contributed by atoms with Crippen LogP contribution in [0.4, 0.5) is 11.4 Å². The summed E-state index contributed by atoms with van der Waals surface area (Å²) in [6.45, 7) is 1.47. The number of benzene rings is 3. The molecule has 0 bridgehead atoms. The summed E-state index contributed by atoms with van der Waals surface area (Å²) in [5, 5.41) is 15.2. The lowest BCUT2D eigenvalue weighted by Crippen LogP contribution is -2.32. The molecular weight excluding hydrogens is 526 g/mol. The molecule has 10 heteroatoms. The first kappa shape index (κ1) is 28.0. The molecular formula is C30H37N5O4S. The van der Waals surface area contributed by atoms with Gasteiger partial charge in [-0.1, -0.05) is 36.4 Å². The van der Waals surface area contributed by atoms with Crippen LogP contribution in [0, 0.1) is 0 Å². The molecule has 5 rings (SSSR count). The van der Waals surface area contributed by atoms with Crippen LogP contribution in [0.2, 0.25) is 0 Å². The third kappa shape index (κ3) is 6.59. The van der Waals surface area contributed by atoms with Crippen LogP contribution in [0.5, 0.6) is 5.75 Å². The molecule has 4 aromatic rings. The van der Waals surface area contributed by atoms with Crippen LogP contribution in [0.1, 0.15) is 41.3 Å². The van der Waals surface area contributed by atoms with Gasteiger partial charge in [-0.3, -0.25) is 4.72 Å². The third-order valence-electron chi connectivity index (χ3n) is 7.31. The molecule has 1 aliphatic rings. The number of aromatic amines is 1. The van der Waals surface area contributed by atoms with Crippen molar-refractivity contribution in [3.63, 3.8) is 0 Å². The van der Waals surface area contributed by atoms with Gasteiger partial charge in [0.25, 0.3) is 0 Å². The van der Waals surface area contributed by atoms with Crippen molar-refractivity contribution < 1.29 is 18.3 Å². The number of anilines is 2. The number of ether oxygens (including phenoxy) is 1. The number of aryl methyl sites for hydroxylation is 2. The molecule has 1 aliphatic carbocycles. The highest BCUT2D eigenvalue weighted by atomic mass is 32.2. The molecule has 212 valence electrons. The number of nitrogens with one attached hydrogen (secondary N) is 3. The number of rotatable bonds is 12. The fourth-order valence-electron chi connectivity index (χ4n) is 5.09. The molecule has 40 heavy (non-hydrogen) atoms. The Labute approximate surface area is 235 Å². The number of hydrogen-bond acceptors (Lipinski definition) is 6. The topological polar surface area (TPSA) is 133 Å². The van der Waals surface area contributed by atoms with Gasteiger partial charge in [-0.25, -0.2) is 0 Å². The second-order valence-corrected chi connectivity index (χ2v) is 12.0. The fraction of sp³-hybridized carbons (Fsp3) is 0.333. The van der Waals surface area contributed by atoms with Crippen molar-refractivity contribution in [3.05, 3.63) is 89.1 Å². The molecule has 0 spiro atoms. The van der Waals surface area contributed by atoms with Gasteiger partial charge in [0.15, 0.2) is 0 Å². The maximum Gasteiger partial charge on any atom is 0.301 e. The zero-order valence-electron chi connectivity index (χ0n) is 22.7. The van der Waals surface area contributed by atoms with Crippen molar-refractivity contribution in [2.75, 3.05) is 37.2 Å². The quantitative estimate of drug-likeness (QED) is 0.130. The van der Waals surface area contributed by atoms with Gasteiger partial charge in [0.1, 0.15) is 12.4 Å². The lowest BCUT2D eigenvalue weighted by atomic mass is 9.96. The van der Waals surface area contributed by atoms with Gasteiger partial charge >= 0.3 is 10.2 Å². The van der Waals surface area contributed by atoms with Gasteiger partial charge in [0, 0.05) is 49.3 Å². The van der Waals surface area contributed by atoms with Gasteiger partial charge in [-0.05, 0) is 66.6 Å². The minimum atomic E-state index is -3.85. The second-order valence-electron chi connectivity index (χ2n) is 10.3. The van der Waals surface area contributed by atoms with Gasteiger partial charge in [0.2, 0.25) is 0 Å². The van der Waals surface area contributed by atoms with E-state index in [4.69, 9.17) is 10.5 Å². The van der Waals surface area contributed by atoms with Crippen molar-refractivity contribution in [1.29, 1.82) is 0 Å².